The SMILES string of the molecule is CC(N)(Cc1ccccc1F)C1CCOC2(CCOC2)C1. The first-order chi connectivity index (χ1) is 10.0. The lowest BCUT2D eigenvalue weighted by molar-refractivity contribution is -0.108. The second-order valence-electron chi connectivity index (χ2n) is 6.80. The summed E-state index contributed by atoms with van der Waals surface area (Å²) in [5.41, 5.74) is 6.70. The Kier molecular flexibility index (Phi) is 4.04. The average molecular weight is 293 g/mol. The predicted molar refractivity (Wildman–Crippen MR) is 79.5 cm³/mol. The Bertz CT molecular complexity index is 497. The summed E-state index contributed by atoms with van der Waals surface area (Å²) < 4.78 is 25.4. The van der Waals surface area contributed by atoms with Gasteiger partial charge in [0.25, 0.3) is 0 Å². The molecule has 1 aromatic carbocycles. The fourth-order valence-corrected chi connectivity index (χ4v) is 3.65. The van der Waals surface area contributed by atoms with E-state index in [0.717, 1.165) is 32.5 Å². The van der Waals surface area contributed by atoms with Gasteiger partial charge in [0.2, 0.25) is 0 Å². The molecule has 0 saturated carbocycles. The van der Waals surface area contributed by atoms with Crippen LogP contribution in [0, 0.1) is 11.7 Å². The van der Waals surface area contributed by atoms with Gasteiger partial charge in [-0.2, -0.15) is 0 Å². The standard InChI is InChI=1S/C17H24FNO2/c1-16(19,10-13-4-2-3-5-15(13)18)14-6-8-21-17(11-14)7-9-20-12-17/h2-5,14H,6-12,19H2,1H3. The van der Waals surface area contributed by atoms with E-state index in [0.29, 0.717) is 24.5 Å². The zero-order valence-corrected chi connectivity index (χ0v) is 12.6. The van der Waals surface area contributed by atoms with E-state index >= 15 is 0 Å². The van der Waals surface area contributed by atoms with E-state index in [4.69, 9.17) is 15.2 Å². The molecular weight excluding hydrogens is 269 g/mol. The van der Waals surface area contributed by atoms with Gasteiger partial charge in [0, 0.05) is 25.2 Å². The first kappa shape index (κ1) is 14.9. The van der Waals surface area contributed by atoms with Crippen LogP contribution in [0.25, 0.3) is 0 Å². The minimum Gasteiger partial charge on any atom is -0.378 e. The Hall–Kier alpha value is -0.970. The van der Waals surface area contributed by atoms with Gasteiger partial charge in [-0.25, -0.2) is 4.39 Å². The van der Waals surface area contributed by atoms with Crippen molar-refractivity contribution in [3.05, 3.63) is 35.6 Å². The van der Waals surface area contributed by atoms with Crippen molar-refractivity contribution < 1.29 is 13.9 Å². The Balaban J connectivity index is 1.73. The molecule has 0 bridgehead atoms. The molecule has 0 aromatic heterocycles. The second-order valence-corrected chi connectivity index (χ2v) is 6.80. The fraction of sp³-hybridized carbons (Fsp3) is 0.647. The van der Waals surface area contributed by atoms with Crippen LogP contribution in [0.2, 0.25) is 0 Å². The lowest BCUT2D eigenvalue weighted by Gasteiger charge is -2.44. The topological polar surface area (TPSA) is 44.5 Å². The summed E-state index contributed by atoms with van der Waals surface area (Å²) in [4.78, 5) is 0. The van der Waals surface area contributed by atoms with Gasteiger partial charge in [-0.15, -0.1) is 0 Å². The van der Waals surface area contributed by atoms with Crippen molar-refractivity contribution in [3.63, 3.8) is 0 Å². The quantitative estimate of drug-likeness (QED) is 0.932. The molecule has 21 heavy (non-hydrogen) atoms. The monoisotopic (exact) mass is 293 g/mol. The van der Waals surface area contributed by atoms with Gasteiger partial charge in [-0.3, -0.25) is 0 Å². The number of ether oxygens (including phenoxy) is 2. The average Bonchev–Trinajstić information content (AvgIpc) is 2.89. The highest BCUT2D eigenvalue weighted by atomic mass is 19.1. The molecular formula is C17H24FNO2. The molecule has 2 saturated heterocycles. The van der Waals surface area contributed by atoms with Gasteiger partial charge >= 0.3 is 0 Å². The predicted octanol–water partition coefficient (Wildman–Crippen LogP) is 2.67. The van der Waals surface area contributed by atoms with Crippen LogP contribution in [-0.2, 0) is 15.9 Å². The minimum atomic E-state index is -0.429. The Morgan fingerprint density at radius 2 is 2.19 bits per heavy atom. The van der Waals surface area contributed by atoms with E-state index in [1.54, 1.807) is 6.07 Å². The van der Waals surface area contributed by atoms with Gasteiger partial charge in [0.1, 0.15) is 5.82 Å². The van der Waals surface area contributed by atoms with Crippen LogP contribution >= 0.6 is 0 Å². The largest absolute Gasteiger partial charge is 0.378 e. The molecule has 2 heterocycles. The van der Waals surface area contributed by atoms with Crippen LogP contribution in [0.4, 0.5) is 4.39 Å². The van der Waals surface area contributed by atoms with E-state index in [2.05, 4.69) is 0 Å². The molecule has 2 fully saturated rings. The summed E-state index contributed by atoms with van der Waals surface area (Å²) in [6.45, 7) is 4.19. The fourth-order valence-electron chi connectivity index (χ4n) is 3.65. The molecule has 2 aliphatic rings. The molecule has 4 heteroatoms. The van der Waals surface area contributed by atoms with Crippen LogP contribution in [0.1, 0.15) is 31.7 Å². The highest BCUT2D eigenvalue weighted by molar-refractivity contribution is 5.20. The van der Waals surface area contributed by atoms with Crippen molar-refractivity contribution in [1.82, 2.24) is 0 Å². The Morgan fingerprint density at radius 1 is 1.38 bits per heavy atom. The number of benzene rings is 1. The molecule has 1 aromatic rings. The zero-order valence-electron chi connectivity index (χ0n) is 12.6. The lowest BCUT2D eigenvalue weighted by Crippen LogP contribution is -2.53. The maximum atomic E-state index is 13.9. The van der Waals surface area contributed by atoms with Gasteiger partial charge in [-0.05, 0) is 43.7 Å². The third-order valence-electron chi connectivity index (χ3n) is 5.02. The maximum Gasteiger partial charge on any atom is 0.126 e. The van der Waals surface area contributed by atoms with E-state index in [-0.39, 0.29) is 11.4 Å². The highest BCUT2D eigenvalue weighted by Crippen LogP contribution is 2.40. The van der Waals surface area contributed by atoms with Gasteiger partial charge in [-0.1, -0.05) is 18.2 Å². The van der Waals surface area contributed by atoms with Crippen LogP contribution < -0.4 is 5.73 Å². The number of rotatable bonds is 3. The summed E-state index contributed by atoms with van der Waals surface area (Å²) in [7, 11) is 0. The van der Waals surface area contributed by atoms with Gasteiger partial charge < -0.3 is 15.2 Å². The Morgan fingerprint density at radius 3 is 2.90 bits per heavy atom. The smallest absolute Gasteiger partial charge is 0.126 e. The van der Waals surface area contributed by atoms with Crippen molar-refractivity contribution in [2.45, 2.75) is 43.7 Å². The van der Waals surface area contributed by atoms with Gasteiger partial charge in [0.15, 0.2) is 0 Å². The third-order valence-corrected chi connectivity index (χ3v) is 5.02. The minimum absolute atomic E-state index is 0.154. The van der Waals surface area contributed by atoms with Crippen LogP contribution in [-0.4, -0.2) is 31.0 Å². The van der Waals surface area contributed by atoms with Gasteiger partial charge in [0.05, 0.1) is 12.2 Å². The van der Waals surface area contributed by atoms with E-state index < -0.39 is 5.54 Å². The number of hydrogen-bond donors (Lipinski definition) is 1. The molecule has 1 spiro atoms. The molecule has 3 unspecified atom stereocenters. The molecule has 3 nitrogen and oxygen atoms in total. The lowest BCUT2D eigenvalue weighted by atomic mass is 9.72. The number of halogens is 1. The number of nitrogens with two attached hydrogens (primary N) is 1. The first-order valence-electron chi connectivity index (χ1n) is 7.75. The number of hydrogen-bond acceptors (Lipinski definition) is 3. The molecule has 2 aliphatic heterocycles. The van der Waals surface area contributed by atoms with Crippen molar-refractivity contribution in [1.29, 1.82) is 0 Å². The summed E-state index contributed by atoms with van der Waals surface area (Å²) in [6.07, 6.45) is 3.35. The second kappa shape index (κ2) is 5.67. The van der Waals surface area contributed by atoms with Crippen LogP contribution in [0.15, 0.2) is 24.3 Å². The van der Waals surface area contributed by atoms with E-state index in [1.807, 2.05) is 19.1 Å². The van der Waals surface area contributed by atoms with Crippen molar-refractivity contribution in [2.24, 2.45) is 11.7 Å². The highest BCUT2D eigenvalue weighted by Gasteiger charge is 2.45. The molecule has 116 valence electrons. The summed E-state index contributed by atoms with van der Waals surface area (Å²) >= 11 is 0. The van der Waals surface area contributed by atoms with Crippen molar-refractivity contribution in [3.8, 4) is 0 Å². The van der Waals surface area contributed by atoms with E-state index in [1.165, 1.54) is 6.07 Å². The molecule has 2 N–H and O–H groups in total. The molecule has 3 rings (SSSR count). The molecule has 0 aliphatic carbocycles. The summed E-state index contributed by atoms with van der Waals surface area (Å²) in [5, 5.41) is 0. The van der Waals surface area contributed by atoms with E-state index in [9.17, 15) is 4.39 Å². The van der Waals surface area contributed by atoms with Crippen LogP contribution in [0.3, 0.4) is 0 Å². The Labute approximate surface area is 125 Å². The molecule has 0 amide bonds. The third kappa shape index (κ3) is 3.12. The normalized spacial score (nSPS) is 32.2. The maximum absolute atomic E-state index is 13.9. The summed E-state index contributed by atoms with van der Waals surface area (Å²) in [5.74, 6) is 0.160. The van der Waals surface area contributed by atoms with Crippen molar-refractivity contribution >= 4 is 0 Å². The zero-order chi connectivity index (χ0) is 14.9. The van der Waals surface area contributed by atoms with Crippen molar-refractivity contribution in [2.75, 3.05) is 19.8 Å². The molecule has 0 radical (unpaired) electrons. The molecule has 3 atom stereocenters. The van der Waals surface area contributed by atoms with Crippen LogP contribution in [0.5, 0.6) is 0 Å². The first-order valence-corrected chi connectivity index (χ1v) is 7.75. The summed E-state index contributed by atoms with van der Waals surface area (Å²) in [6, 6.07) is 6.91.